The summed E-state index contributed by atoms with van der Waals surface area (Å²) in [5.74, 6) is 0. The highest BCUT2D eigenvalue weighted by molar-refractivity contribution is 5.18. The lowest BCUT2D eigenvalue weighted by molar-refractivity contribution is -0.263. The van der Waals surface area contributed by atoms with Crippen LogP contribution in [-0.4, -0.2) is 43.4 Å². The second kappa shape index (κ2) is 9.78. The number of aliphatic hydroxyl groups excluding tert-OH is 1. The number of methoxy groups -OCH3 is 1. The van der Waals surface area contributed by atoms with Crippen molar-refractivity contribution in [2.75, 3.05) is 13.7 Å². The Labute approximate surface area is 160 Å². The summed E-state index contributed by atoms with van der Waals surface area (Å²) in [6.45, 7) is 4.71. The molecule has 2 aromatic carbocycles. The van der Waals surface area contributed by atoms with Gasteiger partial charge in [0.15, 0.2) is 6.29 Å². The van der Waals surface area contributed by atoms with Crippen LogP contribution in [0.1, 0.15) is 11.1 Å². The zero-order valence-corrected chi connectivity index (χ0v) is 15.5. The highest BCUT2D eigenvalue weighted by atomic mass is 16.7. The Bertz CT molecular complexity index is 703. The molecule has 1 fully saturated rings. The molecule has 5 heteroatoms. The van der Waals surface area contributed by atoms with Crippen molar-refractivity contribution in [1.82, 2.24) is 0 Å². The molecule has 144 valence electrons. The van der Waals surface area contributed by atoms with Crippen LogP contribution in [0.2, 0.25) is 0 Å². The predicted molar refractivity (Wildman–Crippen MR) is 102 cm³/mol. The Morgan fingerprint density at radius 1 is 0.926 bits per heavy atom. The maximum absolute atomic E-state index is 9.63. The minimum absolute atomic E-state index is 0.185. The third-order valence-electron chi connectivity index (χ3n) is 4.60. The van der Waals surface area contributed by atoms with Crippen LogP contribution in [0.4, 0.5) is 0 Å². The van der Waals surface area contributed by atoms with E-state index in [0.29, 0.717) is 18.8 Å². The Morgan fingerprint density at radius 2 is 1.48 bits per heavy atom. The molecule has 0 saturated carbocycles. The molecule has 0 amide bonds. The number of ether oxygens (including phenoxy) is 4. The predicted octanol–water partition coefficient (Wildman–Crippen LogP) is 3.08. The van der Waals surface area contributed by atoms with Crippen LogP contribution in [0.25, 0.3) is 0 Å². The van der Waals surface area contributed by atoms with Crippen LogP contribution in [0.5, 0.6) is 0 Å². The minimum Gasteiger partial charge on any atom is -0.393 e. The van der Waals surface area contributed by atoms with E-state index in [1.165, 1.54) is 0 Å². The Morgan fingerprint density at radius 3 is 2.00 bits per heavy atom. The summed E-state index contributed by atoms with van der Waals surface area (Å²) in [5, 5.41) is 9.63. The Hall–Kier alpha value is -2.02. The lowest BCUT2D eigenvalue weighted by atomic mass is 9.96. The van der Waals surface area contributed by atoms with Gasteiger partial charge in [-0.15, -0.1) is 0 Å². The first kappa shape index (κ1) is 19.7. The average Bonchev–Trinajstić information content (AvgIpc) is 2.73. The summed E-state index contributed by atoms with van der Waals surface area (Å²) in [6.07, 6.45) is -2.15. The molecule has 0 bridgehead atoms. The van der Waals surface area contributed by atoms with Gasteiger partial charge in [0.25, 0.3) is 0 Å². The molecule has 0 unspecified atom stereocenters. The van der Waals surface area contributed by atoms with E-state index in [-0.39, 0.29) is 6.61 Å². The lowest BCUT2D eigenvalue weighted by Gasteiger charge is -2.41. The van der Waals surface area contributed by atoms with Gasteiger partial charge < -0.3 is 24.1 Å². The van der Waals surface area contributed by atoms with Crippen molar-refractivity contribution in [3.8, 4) is 0 Å². The molecule has 1 aliphatic rings. The number of rotatable bonds is 8. The van der Waals surface area contributed by atoms with Crippen molar-refractivity contribution in [3.05, 3.63) is 83.9 Å². The smallest absolute Gasteiger partial charge is 0.187 e. The van der Waals surface area contributed by atoms with E-state index in [0.717, 1.165) is 11.1 Å². The van der Waals surface area contributed by atoms with E-state index in [2.05, 4.69) is 6.58 Å². The maximum atomic E-state index is 9.63. The second-order valence-electron chi connectivity index (χ2n) is 6.46. The first-order valence-corrected chi connectivity index (χ1v) is 9.01. The zero-order chi connectivity index (χ0) is 19.1. The molecule has 0 spiro atoms. The van der Waals surface area contributed by atoms with E-state index in [9.17, 15) is 5.11 Å². The fourth-order valence-electron chi connectivity index (χ4n) is 3.11. The SMILES string of the molecule is C=C1[C@@H](CO)O[C@H](OC)[C@H](OCc2ccccc2)[C@H]1OCc1ccccc1. The molecule has 3 rings (SSSR count). The van der Waals surface area contributed by atoms with Crippen LogP contribution >= 0.6 is 0 Å². The number of hydrogen-bond acceptors (Lipinski definition) is 5. The van der Waals surface area contributed by atoms with Gasteiger partial charge in [0.2, 0.25) is 0 Å². The topological polar surface area (TPSA) is 57.2 Å². The van der Waals surface area contributed by atoms with E-state index < -0.39 is 24.6 Å². The van der Waals surface area contributed by atoms with E-state index in [4.69, 9.17) is 18.9 Å². The van der Waals surface area contributed by atoms with Gasteiger partial charge in [0.05, 0.1) is 19.8 Å². The summed E-state index contributed by atoms with van der Waals surface area (Å²) >= 11 is 0. The molecule has 4 atom stereocenters. The Balaban J connectivity index is 1.74. The number of aliphatic hydroxyl groups is 1. The standard InChI is InChI=1S/C22H26O5/c1-16-19(13-23)27-22(24-2)21(26-15-18-11-7-4-8-12-18)20(16)25-14-17-9-5-3-6-10-17/h3-12,19-23H,1,13-15H2,2H3/t19-,20+,21-,22+/m1/s1. The molecule has 1 saturated heterocycles. The summed E-state index contributed by atoms with van der Waals surface area (Å²) in [5.41, 5.74) is 2.75. The minimum atomic E-state index is -0.655. The fourth-order valence-corrected chi connectivity index (χ4v) is 3.11. The molecule has 1 N–H and O–H groups in total. The van der Waals surface area contributed by atoms with Gasteiger partial charge in [-0.05, 0) is 16.7 Å². The van der Waals surface area contributed by atoms with Gasteiger partial charge in [-0.1, -0.05) is 67.2 Å². The molecule has 1 heterocycles. The van der Waals surface area contributed by atoms with Crippen LogP contribution in [0.15, 0.2) is 72.8 Å². The van der Waals surface area contributed by atoms with E-state index >= 15 is 0 Å². The van der Waals surface area contributed by atoms with Crippen molar-refractivity contribution in [2.24, 2.45) is 0 Å². The molecule has 0 radical (unpaired) electrons. The van der Waals surface area contributed by atoms with Crippen molar-refractivity contribution in [1.29, 1.82) is 0 Å². The van der Waals surface area contributed by atoms with Crippen molar-refractivity contribution < 1.29 is 24.1 Å². The molecule has 0 aliphatic carbocycles. The molecule has 5 nitrogen and oxygen atoms in total. The van der Waals surface area contributed by atoms with Crippen LogP contribution < -0.4 is 0 Å². The van der Waals surface area contributed by atoms with E-state index in [1.807, 2.05) is 60.7 Å². The van der Waals surface area contributed by atoms with E-state index in [1.54, 1.807) is 7.11 Å². The second-order valence-corrected chi connectivity index (χ2v) is 6.46. The van der Waals surface area contributed by atoms with Crippen molar-refractivity contribution in [2.45, 2.75) is 37.8 Å². The fraction of sp³-hybridized carbons (Fsp3) is 0.364. The van der Waals surface area contributed by atoms with Gasteiger partial charge in [0, 0.05) is 7.11 Å². The van der Waals surface area contributed by atoms with Crippen molar-refractivity contribution >= 4 is 0 Å². The number of hydrogen-bond donors (Lipinski definition) is 1. The maximum Gasteiger partial charge on any atom is 0.187 e. The van der Waals surface area contributed by atoms with Gasteiger partial charge >= 0.3 is 0 Å². The first-order valence-electron chi connectivity index (χ1n) is 9.01. The molecule has 27 heavy (non-hydrogen) atoms. The average molecular weight is 370 g/mol. The van der Waals surface area contributed by atoms with Crippen LogP contribution in [-0.2, 0) is 32.2 Å². The zero-order valence-electron chi connectivity index (χ0n) is 15.5. The van der Waals surface area contributed by atoms with Gasteiger partial charge in [0.1, 0.15) is 18.3 Å². The van der Waals surface area contributed by atoms with Crippen LogP contribution in [0, 0.1) is 0 Å². The monoisotopic (exact) mass is 370 g/mol. The Kier molecular flexibility index (Phi) is 7.15. The third kappa shape index (κ3) is 5.03. The number of benzene rings is 2. The normalized spacial score (nSPS) is 25.5. The van der Waals surface area contributed by atoms with Gasteiger partial charge in [-0.3, -0.25) is 0 Å². The summed E-state index contributed by atoms with van der Waals surface area (Å²) in [7, 11) is 1.56. The molecular weight excluding hydrogens is 344 g/mol. The highest BCUT2D eigenvalue weighted by Crippen LogP contribution is 2.30. The third-order valence-corrected chi connectivity index (χ3v) is 4.60. The first-order chi connectivity index (χ1) is 13.2. The summed E-state index contributed by atoms with van der Waals surface area (Å²) in [4.78, 5) is 0. The highest BCUT2D eigenvalue weighted by Gasteiger charge is 2.43. The molecule has 1 aliphatic heterocycles. The molecule has 0 aromatic heterocycles. The molecular formula is C22H26O5. The van der Waals surface area contributed by atoms with Gasteiger partial charge in [-0.2, -0.15) is 0 Å². The van der Waals surface area contributed by atoms with Gasteiger partial charge in [-0.25, -0.2) is 0 Å². The van der Waals surface area contributed by atoms with Crippen LogP contribution in [0.3, 0.4) is 0 Å². The molecule has 2 aromatic rings. The largest absolute Gasteiger partial charge is 0.393 e. The quantitative estimate of drug-likeness (QED) is 0.724. The summed E-state index contributed by atoms with van der Waals surface area (Å²) < 4.78 is 23.5. The lowest BCUT2D eigenvalue weighted by Crippen LogP contribution is -2.53. The van der Waals surface area contributed by atoms with Crippen molar-refractivity contribution in [3.63, 3.8) is 0 Å². The summed E-state index contributed by atoms with van der Waals surface area (Å²) in [6, 6.07) is 19.8.